The van der Waals surface area contributed by atoms with Crippen molar-refractivity contribution < 1.29 is 9.53 Å². The molecule has 0 aliphatic rings. The van der Waals surface area contributed by atoms with Crippen LogP contribution in [0.1, 0.15) is 16.3 Å². The summed E-state index contributed by atoms with van der Waals surface area (Å²) in [7, 11) is 1.33. The normalized spacial score (nSPS) is 10.7. The molecule has 2 aromatic rings. The highest BCUT2D eigenvalue weighted by Gasteiger charge is 2.17. The number of halogens is 1. The molecule has 0 aromatic carbocycles. The van der Waals surface area contributed by atoms with Crippen LogP contribution >= 0.6 is 15.9 Å². The van der Waals surface area contributed by atoms with Gasteiger partial charge in [0.1, 0.15) is 5.82 Å². The van der Waals surface area contributed by atoms with Crippen molar-refractivity contribution in [3.63, 3.8) is 0 Å². The smallest absolute Gasteiger partial charge is 0.358 e. The highest BCUT2D eigenvalue weighted by Crippen LogP contribution is 2.18. The first-order valence-electron chi connectivity index (χ1n) is 4.62. The van der Waals surface area contributed by atoms with Gasteiger partial charge in [0.15, 0.2) is 5.69 Å². The molecule has 2 N–H and O–H groups in total. The Labute approximate surface area is 100 Å². The molecular weight excluding hydrogens is 274 g/mol. The Hall–Kier alpha value is -1.40. The van der Waals surface area contributed by atoms with Crippen molar-refractivity contribution in [2.45, 2.75) is 6.54 Å². The van der Waals surface area contributed by atoms with Gasteiger partial charge in [-0.05, 0) is 28.1 Å². The number of hydrogen-bond acceptors (Lipinski definition) is 4. The van der Waals surface area contributed by atoms with E-state index in [0.29, 0.717) is 11.3 Å². The van der Waals surface area contributed by atoms with Gasteiger partial charge in [0.05, 0.1) is 19.2 Å². The minimum atomic E-state index is -0.459. The minimum Gasteiger partial charge on any atom is -0.464 e. The van der Waals surface area contributed by atoms with E-state index in [9.17, 15) is 4.79 Å². The lowest BCUT2D eigenvalue weighted by molar-refractivity contribution is 0.0597. The second-order valence-electron chi connectivity index (χ2n) is 3.17. The molecule has 0 saturated heterocycles. The molecule has 0 aliphatic heterocycles. The molecule has 0 radical (unpaired) electrons. The topological polar surface area (TPSA) is 69.6 Å². The Balaban J connectivity index is 2.72. The molecule has 0 saturated carbocycles. The molecule has 0 atom stereocenters. The molecule has 5 nitrogen and oxygen atoms in total. The SMILES string of the molecule is COC(=O)c1nc(CN)n2cc(Br)ccc12. The maximum Gasteiger partial charge on any atom is 0.358 e. The summed E-state index contributed by atoms with van der Waals surface area (Å²) < 4.78 is 7.33. The minimum absolute atomic E-state index is 0.259. The number of carbonyl (C=O) groups is 1. The summed E-state index contributed by atoms with van der Waals surface area (Å²) in [5.41, 5.74) is 6.55. The Kier molecular flexibility index (Phi) is 2.93. The van der Waals surface area contributed by atoms with Gasteiger partial charge in [0.2, 0.25) is 0 Å². The molecule has 0 spiro atoms. The Morgan fingerprint density at radius 1 is 1.62 bits per heavy atom. The predicted molar refractivity (Wildman–Crippen MR) is 62.1 cm³/mol. The second kappa shape index (κ2) is 4.23. The number of pyridine rings is 1. The Bertz CT molecular complexity index is 550. The zero-order valence-corrected chi connectivity index (χ0v) is 10.2. The number of fused-ring (bicyclic) bond motifs is 1. The van der Waals surface area contributed by atoms with E-state index in [1.54, 1.807) is 10.5 Å². The van der Waals surface area contributed by atoms with Crippen LogP contribution in [0.3, 0.4) is 0 Å². The summed E-state index contributed by atoms with van der Waals surface area (Å²) in [6.45, 7) is 0.259. The van der Waals surface area contributed by atoms with Crippen LogP contribution in [0.5, 0.6) is 0 Å². The number of methoxy groups -OCH3 is 1. The average Bonchev–Trinajstić information content (AvgIpc) is 2.66. The fraction of sp³-hybridized carbons (Fsp3) is 0.200. The number of esters is 1. The first-order chi connectivity index (χ1) is 7.67. The van der Waals surface area contributed by atoms with Gasteiger partial charge in [-0.25, -0.2) is 9.78 Å². The summed E-state index contributed by atoms with van der Waals surface area (Å²) in [6, 6.07) is 3.63. The zero-order valence-electron chi connectivity index (χ0n) is 8.61. The van der Waals surface area contributed by atoms with E-state index in [1.807, 2.05) is 12.3 Å². The standard InChI is InChI=1S/C10H10BrN3O2/c1-16-10(15)9-7-3-2-6(11)5-14(7)8(4-12)13-9/h2-3,5H,4,12H2,1H3. The summed E-state index contributed by atoms with van der Waals surface area (Å²) in [5, 5.41) is 0. The fourth-order valence-electron chi connectivity index (χ4n) is 1.51. The van der Waals surface area contributed by atoms with Crippen molar-refractivity contribution in [1.29, 1.82) is 0 Å². The largest absolute Gasteiger partial charge is 0.464 e. The van der Waals surface area contributed by atoms with Gasteiger partial charge in [-0.15, -0.1) is 0 Å². The number of rotatable bonds is 2. The summed E-state index contributed by atoms with van der Waals surface area (Å²) in [6.07, 6.45) is 1.82. The quantitative estimate of drug-likeness (QED) is 0.845. The summed E-state index contributed by atoms with van der Waals surface area (Å²) in [5.74, 6) is 0.163. The van der Waals surface area contributed by atoms with Crippen LogP contribution < -0.4 is 5.73 Å². The van der Waals surface area contributed by atoms with Crippen molar-refractivity contribution in [3.05, 3.63) is 34.3 Å². The van der Waals surface area contributed by atoms with Crippen LogP contribution in [-0.4, -0.2) is 22.5 Å². The van der Waals surface area contributed by atoms with Gasteiger partial charge >= 0.3 is 5.97 Å². The number of ether oxygens (including phenoxy) is 1. The highest BCUT2D eigenvalue weighted by molar-refractivity contribution is 9.10. The summed E-state index contributed by atoms with van der Waals surface area (Å²) in [4.78, 5) is 15.7. The highest BCUT2D eigenvalue weighted by atomic mass is 79.9. The average molecular weight is 284 g/mol. The molecule has 0 amide bonds. The van der Waals surface area contributed by atoms with Gasteiger partial charge in [0, 0.05) is 10.7 Å². The van der Waals surface area contributed by atoms with E-state index in [-0.39, 0.29) is 12.2 Å². The molecule has 16 heavy (non-hydrogen) atoms. The monoisotopic (exact) mass is 283 g/mol. The Morgan fingerprint density at radius 3 is 3.00 bits per heavy atom. The Morgan fingerprint density at radius 2 is 2.38 bits per heavy atom. The van der Waals surface area contributed by atoms with E-state index in [2.05, 4.69) is 25.7 Å². The number of aromatic nitrogens is 2. The maximum absolute atomic E-state index is 11.5. The first kappa shape index (κ1) is 11.1. The maximum atomic E-state index is 11.5. The third-order valence-electron chi connectivity index (χ3n) is 2.24. The van der Waals surface area contributed by atoms with Gasteiger partial charge in [-0.2, -0.15) is 0 Å². The lowest BCUT2D eigenvalue weighted by Gasteiger charge is -1.99. The van der Waals surface area contributed by atoms with Crippen molar-refractivity contribution >= 4 is 27.4 Å². The number of nitrogens with two attached hydrogens (primary N) is 1. The van der Waals surface area contributed by atoms with E-state index in [4.69, 9.17) is 5.73 Å². The third kappa shape index (κ3) is 1.70. The van der Waals surface area contributed by atoms with Crippen LogP contribution in [0.4, 0.5) is 0 Å². The van der Waals surface area contributed by atoms with Gasteiger partial charge in [-0.1, -0.05) is 0 Å². The number of hydrogen-bond donors (Lipinski definition) is 1. The molecule has 0 unspecified atom stereocenters. The van der Waals surface area contributed by atoms with E-state index in [1.165, 1.54) is 7.11 Å². The van der Waals surface area contributed by atoms with Crippen molar-refractivity contribution in [2.24, 2.45) is 5.73 Å². The molecule has 84 valence electrons. The first-order valence-corrected chi connectivity index (χ1v) is 5.41. The third-order valence-corrected chi connectivity index (χ3v) is 2.70. The molecule has 2 rings (SSSR count). The second-order valence-corrected chi connectivity index (χ2v) is 4.09. The van der Waals surface area contributed by atoms with E-state index >= 15 is 0 Å². The van der Waals surface area contributed by atoms with Crippen LogP contribution in [0.2, 0.25) is 0 Å². The van der Waals surface area contributed by atoms with Gasteiger partial charge in [0.25, 0.3) is 0 Å². The molecule has 2 heterocycles. The number of carbonyl (C=O) groups excluding carboxylic acids is 1. The van der Waals surface area contributed by atoms with Crippen LogP contribution in [0, 0.1) is 0 Å². The van der Waals surface area contributed by atoms with E-state index < -0.39 is 5.97 Å². The predicted octanol–water partition coefficient (Wildman–Crippen LogP) is 1.34. The number of imidazole rings is 1. The van der Waals surface area contributed by atoms with Crippen molar-refractivity contribution in [1.82, 2.24) is 9.38 Å². The fourth-order valence-corrected chi connectivity index (χ4v) is 1.85. The molecule has 2 aromatic heterocycles. The van der Waals surface area contributed by atoms with Crippen LogP contribution in [0.15, 0.2) is 22.8 Å². The lowest BCUT2D eigenvalue weighted by atomic mass is 10.3. The molecular formula is C10H10BrN3O2. The number of nitrogens with zero attached hydrogens (tertiary/aromatic N) is 2. The molecule has 0 aliphatic carbocycles. The van der Waals surface area contributed by atoms with Crippen molar-refractivity contribution in [3.8, 4) is 0 Å². The van der Waals surface area contributed by atoms with Crippen LogP contribution in [-0.2, 0) is 11.3 Å². The van der Waals surface area contributed by atoms with Crippen molar-refractivity contribution in [2.75, 3.05) is 7.11 Å². The molecule has 0 bridgehead atoms. The van der Waals surface area contributed by atoms with Crippen LogP contribution in [0.25, 0.3) is 5.52 Å². The summed E-state index contributed by atoms with van der Waals surface area (Å²) >= 11 is 3.35. The molecule has 6 heteroatoms. The molecule has 0 fully saturated rings. The lowest BCUT2D eigenvalue weighted by Crippen LogP contribution is -2.03. The zero-order chi connectivity index (χ0) is 11.7. The van der Waals surface area contributed by atoms with Gasteiger partial charge < -0.3 is 14.9 Å². The van der Waals surface area contributed by atoms with Gasteiger partial charge in [-0.3, -0.25) is 0 Å². The van der Waals surface area contributed by atoms with E-state index in [0.717, 1.165) is 4.47 Å².